The van der Waals surface area contributed by atoms with Gasteiger partial charge in [-0.25, -0.2) is 14.8 Å². The van der Waals surface area contributed by atoms with Crippen molar-refractivity contribution in [2.45, 2.75) is 12.8 Å². The van der Waals surface area contributed by atoms with Crippen LogP contribution in [0.2, 0.25) is 0 Å². The summed E-state index contributed by atoms with van der Waals surface area (Å²) in [4.78, 5) is 11.2. The SMILES string of the molecule is O=C(O)N(c1c[c]ccc1)N1CCCC1. The van der Waals surface area contributed by atoms with E-state index in [-0.39, 0.29) is 0 Å². The van der Waals surface area contributed by atoms with Gasteiger partial charge >= 0.3 is 6.09 Å². The molecule has 0 spiro atoms. The summed E-state index contributed by atoms with van der Waals surface area (Å²) in [6.07, 6.45) is 1.18. The number of hydrazine groups is 1. The van der Waals surface area contributed by atoms with E-state index in [1.165, 1.54) is 5.01 Å². The highest BCUT2D eigenvalue weighted by Crippen LogP contribution is 2.19. The zero-order valence-corrected chi connectivity index (χ0v) is 8.39. The van der Waals surface area contributed by atoms with Crippen LogP contribution in [0.15, 0.2) is 24.3 Å². The first-order valence-corrected chi connectivity index (χ1v) is 5.03. The smallest absolute Gasteiger partial charge is 0.426 e. The lowest BCUT2D eigenvalue weighted by atomic mass is 10.3. The maximum absolute atomic E-state index is 11.2. The molecule has 4 nitrogen and oxygen atoms in total. The molecule has 0 bridgehead atoms. The molecule has 1 N–H and O–H groups in total. The van der Waals surface area contributed by atoms with Gasteiger partial charge in [-0.3, -0.25) is 0 Å². The number of benzene rings is 1. The molecule has 1 aliphatic rings. The van der Waals surface area contributed by atoms with Gasteiger partial charge in [0.25, 0.3) is 0 Å². The predicted octanol–water partition coefficient (Wildman–Crippen LogP) is 1.98. The van der Waals surface area contributed by atoms with Gasteiger partial charge in [0.2, 0.25) is 0 Å². The summed E-state index contributed by atoms with van der Waals surface area (Å²) >= 11 is 0. The molecule has 0 atom stereocenters. The number of nitrogens with zero attached hydrogens (tertiary/aromatic N) is 2. The zero-order chi connectivity index (χ0) is 10.7. The summed E-state index contributed by atoms with van der Waals surface area (Å²) in [6.45, 7) is 1.61. The molecule has 0 aliphatic carbocycles. The van der Waals surface area contributed by atoms with E-state index < -0.39 is 6.09 Å². The fourth-order valence-corrected chi connectivity index (χ4v) is 1.81. The Hall–Kier alpha value is -1.55. The summed E-state index contributed by atoms with van der Waals surface area (Å²) in [7, 11) is 0. The van der Waals surface area contributed by atoms with Gasteiger partial charge in [0, 0.05) is 13.1 Å². The lowest BCUT2D eigenvalue weighted by molar-refractivity contribution is 0.178. The molecule has 1 amide bonds. The minimum Gasteiger partial charge on any atom is -0.464 e. The summed E-state index contributed by atoms with van der Waals surface area (Å²) in [5, 5.41) is 12.3. The number of carbonyl (C=O) groups is 1. The van der Waals surface area contributed by atoms with Crippen molar-refractivity contribution in [3.05, 3.63) is 30.3 Å². The van der Waals surface area contributed by atoms with Gasteiger partial charge in [-0.2, -0.15) is 0 Å². The molecule has 1 radical (unpaired) electrons. The van der Waals surface area contributed by atoms with Crippen molar-refractivity contribution in [3.63, 3.8) is 0 Å². The van der Waals surface area contributed by atoms with Crippen LogP contribution >= 0.6 is 0 Å². The van der Waals surface area contributed by atoms with E-state index in [1.54, 1.807) is 24.3 Å². The fraction of sp³-hybridized carbons (Fsp3) is 0.364. The molecule has 1 aliphatic heterocycles. The summed E-state index contributed by atoms with van der Waals surface area (Å²) in [5.74, 6) is 0. The average molecular weight is 205 g/mol. The minimum atomic E-state index is -0.934. The largest absolute Gasteiger partial charge is 0.464 e. The maximum Gasteiger partial charge on any atom is 0.426 e. The number of hydrogen-bond acceptors (Lipinski definition) is 2. The highest BCUT2D eigenvalue weighted by Gasteiger charge is 2.24. The van der Waals surface area contributed by atoms with Crippen LogP contribution in [0.4, 0.5) is 10.5 Å². The number of rotatable bonds is 2. The Morgan fingerprint density at radius 3 is 2.73 bits per heavy atom. The molecule has 1 saturated heterocycles. The Morgan fingerprint density at radius 2 is 2.20 bits per heavy atom. The standard InChI is InChI=1S/C11H13N2O2/c14-11(15)13(12-8-4-5-9-12)10-6-2-1-3-7-10/h1-2,6-7H,4-5,8-9H2,(H,14,15). The van der Waals surface area contributed by atoms with E-state index >= 15 is 0 Å². The second-order valence-electron chi connectivity index (χ2n) is 3.52. The van der Waals surface area contributed by atoms with Crippen molar-refractivity contribution in [2.24, 2.45) is 0 Å². The van der Waals surface area contributed by atoms with Crippen molar-refractivity contribution in [3.8, 4) is 0 Å². The quantitative estimate of drug-likeness (QED) is 0.802. The van der Waals surface area contributed by atoms with Crippen molar-refractivity contribution < 1.29 is 9.90 Å². The third-order valence-electron chi connectivity index (χ3n) is 2.48. The molecule has 15 heavy (non-hydrogen) atoms. The van der Waals surface area contributed by atoms with E-state index in [0.29, 0.717) is 5.69 Å². The first-order valence-electron chi connectivity index (χ1n) is 5.03. The van der Waals surface area contributed by atoms with E-state index in [2.05, 4.69) is 6.07 Å². The van der Waals surface area contributed by atoms with Crippen molar-refractivity contribution >= 4 is 11.8 Å². The third-order valence-corrected chi connectivity index (χ3v) is 2.48. The first kappa shape index (κ1) is 9.98. The first-order chi connectivity index (χ1) is 7.29. The lowest BCUT2D eigenvalue weighted by Gasteiger charge is -2.28. The molecule has 0 saturated carbocycles. The summed E-state index contributed by atoms with van der Waals surface area (Å²) in [5.41, 5.74) is 0.659. The van der Waals surface area contributed by atoms with Crippen LogP contribution in [0.1, 0.15) is 12.8 Å². The highest BCUT2D eigenvalue weighted by atomic mass is 16.4. The van der Waals surface area contributed by atoms with Gasteiger partial charge in [-0.1, -0.05) is 12.1 Å². The molecule has 0 unspecified atom stereocenters. The van der Waals surface area contributed by atoms with Crippen LogP contribution in [0.25, 0.3) is 0 Å². The Labute approximate surface area is 88.7 Å². The number of anilines is 1. The van der Waals surface area contributed by atoms with Crippen LogP contribution in [-0.4, -0.2) is 29.3 Å². The van der Waals surface area contributed by atoms with Crippen molar-refractivity contribution in [1.82, 2.24) is 5.01 Å². The lowest BCUT2D eigenvalue weighted by Crippen LogP contribution is -2.44. The van der Waals surface area contributed by atoms with Crippen LogP contribution in [-0.2, 0) is 0 Å². The second-order valence-corrected chi connectivity index (χ2v) is 3.52. The zero-order valence-electron chi connectivity index (χ0n) is 8.39. The topological polar surface area (TPSA) is 43.8 Å². The number of amides is 1. The monoisotopic (exact) mass is 205 g/mol. The van der Waals surface area contributed by atoms with E-state index in [4.69, 9.17) is 5.11 Å². The van der Waals surface area contributed by atoms with Gasteiger partial charge in [0.05, 0.1) is 5.69 Å². The number of carboxylic acid groups (broad SMARTS) is 1. The molecular formula is C11H13N2O2. The molecule has 1 aromatic rings. The minimum absolute atomic E-state index is 0.659. The summed E-state index contributed by atoms with van der Waals surface area (Å²) in [6, 6.07) is 9.91. The molecule has 4 heteroatoms. The van der Waals surface area contributed by atoms with Crippen LogP contribution in [0.5, 0.6) is 0 Å². The summed E-state index contributed by atoms with van der Waals surface area (Å²) < 4.78 is 0. The van der Waals surface area contributed by atoms with Gasteiger partial charge in [0.1, 0.15) is 0 Å². The maximum atomic E-state index is 11.2. The van der Waals surface area contributed by atoms with Crippen LogP contribution in [0.3, 0.4) is 0 Å². The van der Waals surface area contributed by atoms with Gasteiger partial charge in [-0.05, 0) is 31.0 Å². The average Bonchev–Trinajstić information content (AvgIpc) is 2.72. The molecule has 0 aromatic heterocycles. The normalized spacial score (nSPS) is 16.5. The molecule has 1 aromatic carbocycles. The molecule has 1 fully saturated rings. The molecule has 79 valence electrons. The predicted molar refractivity (Wildman–Crippen MR) is 56.6 cm³/mol. The molecule has 2 rings (SSSR count). The highest BCUT2D eigenvalue weighted by molar-refractivity contribution is 5.84. The van der Waals surface area contributed by atoms with Crippen LogP contribution < -0.4 is 5.01 Å². The van der Waals surface area contributed by atoms with Crippen molar-refractivity contribution in [2.75, 3.05) is 18.1 Å². The van der Waals surface area contributed by atoms with Crippen molar-refractivity contribution in [1.29, 1.82) is 0 Å². The Bertz CT molecular complexity index is 334. The third kappa shape index (κ3) is 2.10. The van der Waals surface area contributed by atoms with Gasteiger partial charge in [0.15, 0.2) is 0 Å². The van der Waals surface area contributed by atoms with Crippen LogP contribution in [0, 0.1) is 6.07 Å². The fourth-order valence-electron chi connectivity index (χ4n) is 1.81. The van der Waals surface area contributed by atoms with E-state index in [1.807, 2.05) is 5.01 Å². The Morgan fingerprint density at radius 1 is 1.47 bits per heavy atom. The molecular weight excluding hydrogens is 192 g/mol. The van der Waals surface area contributed by atoms with E-state index in [0.717, 1.165) is 25.9 Å². The van der Waals surface area contributed by atoms with Gasteiger partial charge in [-0.15, -0.1) is 0 Å². The van der Waals surface area contributed by atoms with Gasteiger partial charge < -0.3 is 5.11 Å². The second kappa shape index (κ2) is 4.31. The Kier molecular flexibility index (Phi) is 2.87. The van der Waals surface area contributed by atoms with E-state index in [9.17, 15) is 4.79 Å². The Balaban J connectivity index is 2.23. The molecule has 1 heterocycles. The number of hydrogen-bond donors (Lipinski definition) is 1.